The van der Waals surface area contributed by atoms with Crippen LogP contribution in [0.25, 0.3) is 0 Å². The van der Waals surface area contributed by atoms with Gasteiger partial charge in [-0.05, 0) is 37.2 Å². The fraction of sp³-hybridized carbons (Fsp3) is 0.538. The lowest BCUT2D eigenvalue weighted by atomic mass is 9.78. The number of hydrogen-bond donors (Lipinski definition) is 0. The van der Waals surface area contributed by atoms with Crippen LogP contribution in [0.4, 0.5) is 0 Å². The second-order valence-corrected chi connectivity index (χ2v) is 8.40. The third-order valence-corrected chi connectivity index (χ3v) is 6.54. The average Bonchev–Trinajstić information content (AvgIpc) is 3.31. The van der Waals surface area contributed by atoms with Gasteiger partial charge in [-0.15, -0.1) is 0 Å². The van der Waals surface area contributed by atoms with Crippen molar-refractivity contribution in [1.82, 2.24) is 4.90 Å². The molecule has 0 N–H and O–H groups in total. The van der Waals surface area contributed by atoms with Crippen LogP contribution >= 0.6 is 0 Å². The Bertz CT molecular complexity index is 970. The number of rotatable bonds is 10. The summed E-state index contributed by atoms with van der Waals surface area (Å²) in [7, 11) is 5.01. The van der Waals surface area contributed by atoms with E-state index in [2.05, 4.69) is 18.7 Å². The number of methoxy groups -OCH3 is 3. The molecule has 0 fully saturated rings. The molecule has 3 atom stereocenters. The lowest BCUT2D eigenvalue weighted by Crippen LogP contribution is -2.49. The van der Waals surface area contributed by atoms with Crippen LogP contribution in [0.3, 0.4) is 0 Å². The van der Waals surface area contributed by atoms with E-state index in [0.717, 1.165) is 35.7 Å². The van der Waals surface area contributed by atoms with Gasteiger partial charge in [-0.1, -0.05) is 13.8 Å². The third kappa shape index (κ3) is 4.44. The van der Waals surface area contributed by atoms with E-state index in [1.54, 1.807) is 21.3 Å². The van der Waals surface area contributed by atoms with Crippen molar-refractivity contribution in [3.05, 3.63) is 35.4 Å². The number of likely N-dealkylation sites (N-methyl/N-ethyl adjacent to an activating group) is 1. The molecule has 0 bridgehead atoms. The van der Waals surface area contributed by atoms with Crippen LogP contribution in [0, 0.1) is 5.92 Å². The number of ether oxygens (including phenoxy) is 7. The van der Waals surface area contributed by atoms with Crippen molar-refractivity contribution in [3.63, 3.8) is 0 Å². The lowest BCUT2D eigenvalue weighted by molar-refractivity contribution is -0.0379. The zero-order chi connectivity index (χ0) is 24.2. The molecule has 8 heteroatoms. The van der Waals surface area contributed by atoms with Gasteiger partial charge >= 0.3 is 0 Å². The first-order valence-corrected chi connectivity index (χ1v) is 11.8. The van der Waals surface area contributed by atoms with Gasteiger partial charge < -0.3 is 33.2 Å². The van der Waals surface area contributed by atoms with E-state index in [0.29, 0.717) is 36.2 Å². The lowest BCUT2D eigenvalue weighted by Gasteiger charge is -2.43. The van der Waals surface area contributed by atoms with Gasteiger partial charge in [-0.25, -0.2) is 0 Å². The fourth-order valence-electron chi connectivity index (χ4n) is 4.90. The van der Waals surface area contributed by atoms with Crippen LogP contribution in [0.2, 0.25) is 0 Å². The highest BCUT2D eigenvalue weighted by atomic mass is 16.7. The van der Waals surface area contributed by atoms with Gasteiger partial charge in [0.25, 0.3) is 0 Å². The molecule has 0 radical (unpaired) electrons. The molecule has 0 aromatic heterocycles. The van der Waals surface area contributed by atoms with Crippen LogP contribution in [0.1, 0.15) is 37.8 Å². The molecule has 2 aliphatic heterocycles. The maximum atomic E-state index is 6.59. The first-order valence-electron chi connectivity index (χ1n) is 11.8. The fourth-order valence-corrected chi connectivity index (χ4v) is 4.90. The minimum Gasteiger partial charge on any atom is -0.493 e. The highest BCUT2D eigenvalue weighted by Crippen LogP contribution is 2.51. The molecule has 0 saturated carbocycles. The van der Waals surface area contributed by atoms with Crippen molar-refractivity contribution >= 4 is 0 Å². The Balaban J connectivity index is 1.84. The Morgan fingerprint density at radius 2 is 1.62 bits per heavy atom. The molecular weight excluding hydrogens is 438 g/mol. The van der Waals surface area contributed by atoms with Gasteiger partial charge in [0.15, 0.2) is 29.2 Å². The highest BCUT2D eigenvalue weighted by Gasteiger charge is 2.41. The van der Waals surface area contributed by atoms with Gasteiger partial charge in [-0.3, -0.25) is 4.90 Å². The Morgan fingerprint density at radius 1 is 0.941 bits per heavy atom. The molecule has 2 heterocycles. The summed E-state index contributed by atoms with van der Waals surface area (Å²) in [4.78, 5) is 2.30. The minimum atomic E-state index is -0.151. The standard InChI is InChI=1S/C26H35NO7/c1-7-27(9-10-28-4)26-16(3)24(18-13-20-21(33-15-32-20)14-19(18)34-26)17-11-22(29-5)25(31-8-2)23(12-17)30-6/h11-14,16,24,26H,7-10,15H2,1-6H3. The number of benzene rings is 2. The SMILES string of the molecule is CCOc1c(OC)cc(C2c3cc4c(cc3OC(N(CC)CCOC)C2C)OCO4)cc1OC. The first kappa shape index (κ1) is 24.3. The predicted molar refractivity (Wildman–Crippen MR) is 128 cm³/mol. The molecule has 3 unspecified atom stereocenters. The summed E-state index contributed by atoms with van der Waals surface area (Å²) in [6, 6.07) is 8.06. The van der Waals surface area contributed by atoms with Gasteiger partial charge in [0, 0.05) is 37.1 Å². The van der Waals surface area contributed by atoms with Crippen LogP contribution in [0.15, 0.2) is 24.3 Å². The molecule has 0 amide bonds. The summed E-state index contributed by atoms with van der Waals surface area (Å²) in [5.41, 5.74) is 2.10. The summed E-state index contributed by atoms with van der Waals surface area (Å²) < 4.78 is 40.6. The van der Waals surface area contributed by atoms with Crippen LogP contribution in [-0.2, 0) is 4.74 Å². The van der Waals surface area contributed by atoms with E-state index in [-0.39, 0.29) is 24.9 Å². The Morgan fingerprint density at radius 3 is 2.21 bits per heavy atom. The second kappa shape index (κ2) is 10.6. The molecule has 34 heavy (non-hydrogen) atoms. The largest absolute Gasteiger partial charge is 0.493 e. The highest BCUT2D eigenvalue weighted by molar-refractivity contribution is 5.60. The number of fused-ring (bicyclic) bond motifs is 2. The molecule has 2 aliphatic rings. The minimum absolute atomic E-state index is 0.00155. The first-order chi connectivity index (χ1) is 16.6. The zero-order valence-corrected chi connectivity index (χ0v) is 20.9. The maximum absolute atomic E-state index is 6.59. The van der Waals surface area contributed by atoms with E-state index in [9.17, 15) is 0 Å². The van der Waals surface area contributed by atoms with Crippen molar-refractivity contribution in [1.29, 1.82) is 0 Å². The van der Waals surface area contributed by atoms with Crippen LogP contribution in [-0.4, -0.2) is 65.6 Å². The Kier molecular flexibility index (Phi) is 7.58. The van der Waals surface area contributed by atoms with Gasteiger partial charge in [-0.2, -0.15) is 0 Å². The van der Waals surface area contributed by atoms with Gasteiger partial charge in [0.1, 0.15) is 5.75 Å². The smallest absolute Gasteiger partial charge is 0.231 e. The molecule has 2 aromatic carbocycles. The average molecular weight is 474 g/mol. The number of nitrogens with zero attached hydrogens (tertiary/aromatic N) is 1. The Labute approximate surface area is 201 Å². The van der Waals surface area contributed by atoms with Gasteiger partial charge in [0.2, 0.25) is 12.5 Å². The maximum Gasteiger partial charge on any atom is 0.231 e. The van der Waals surface area contributed by atoms with Crippen molar-refractivity contribution in [2.75, 3.05) is 54.4 Å². The van der Waals surface area contributed by atoms with E-state index in [4.69, 9.17) is 33.2 Å². The zero-order valence-electron chi connectivity index (χ0n) is 20.9. The monoisotopic (exact) mass is 473 g/mol. The molecule has 8 nitrogen and oxygen atoms in total. The second-order valence-electron chi connectivity index (χ2n) is 8.40. The van der Waals surface area contributed by atoms with E-state index >= 15 is 0 Å². The quantitative estimate of drug-likeness (QED) is 0.506. The van der Waals surface area contributed by atoms with Crippen molar-refractivity contribution in [2.45, 2.75) is 32.9 Å². The molecular formula is C26H35NO7. The van der Waals surface area contributed by atoms with Crippen molar-refractivity contribution in [2.24, 2.45) is 5.92 Å². The summed E-state index contributed by atoms with van der Waals surface area (Å²) in [6.45, 7) is 9.25. The molecule has 0 spiro atoms. The summed E-state index contributed by atoms with van der Waals surface area (Å²) in [6.07, 6.45) is -0.151. The normalized spacial score (nSPS) is 20.6. The van der Waals surface area contributed by atoms with Gasteiger partial charge in [0.05, 0.1) is 27.4 Å². The van der Waals surface area contributed by atoms with E-state index < -0.39 is 0 Å². The van der Waals surface area contributed by atoms with Crippen molar-refractivity contribution < 1.29 is 33.2 Å². The van der Waals surface area contributed by atoms with Crippen LogP contribution < -0.4 is 28.4 Å². The van der Waals surface area contributed by atoms with E-state index in [1.165, 1.54) is 0 Å². The predicted octanol–water partition coefficient (Wildman–Crippen LogP) is 4.29. The molecule has 0 saturated heterocycles. The molecule has 186 valence electrons. The van der Waals surface area contributed by atoms with Crippen molar-refractivity contribution in [3.8, 4) is 34.5 Å². The van der Waals surface area contributed by atoms with Crippen LogP contribution in [0.5, 0.6) is 34.5 Å². The molecule has 0 aliphatic carbocycles. The Hall–Kier alpha value is -2.84. The molecule has 2 aromatic rings. The summed E-state index contributed by atoms with van der Waals surface area (Å²) >= 11 is 0. The third-order valence-electron chi connectivity index (χ3n) is 6.54. The summed E-state index contributed by atoms with van der Waals surface area (Å²) in [5, 5.41) is 0. The molecule has 4 rings (SSSR count). The number of hydrogen-bond acceptors (Lipinski definition) is 8. The van der Waals surface area contributed by atoms with E-state index in [1.807, 2.05) is 31.2 Å². The topological polar surface area (TPSA) is 67.9 Å². The summed E-state index contributed by atoms with van der Waals surface area (Å²) in [5.74, 6) is 4.22.